The number of aliphatic hydroxyl groups is 7. The fourth-order valence-corrected chi connectivity index (χ4v) is 6.70. The van der Waals surface area contributed by atoms with Gasteiger partial charge in [0.2, 0.25) is 0 Å². The molecule has 2 heterocycles. The van der Waals surface area contributed by atoms with Crippen molar-refractivity contribution in [3.05, 3.63) is 36.5 Å². The van der Waals surface area contributed by atoms with Crippen molar-refractivity contribution in [3.63, 3.8) is 0 Å². The van der Waals surface area contributed by atoms with Gasteiger partial charge in [-0.05, 0) is 44.9 Å². The van der Waals surface area contributed by atoms with Crippen molar-refractivity contribution in [2.75, 3.05) is 26.4 Å². The molecule has 0 aromatic carbocycles. The number of hydrogen-bond donors (Lipinski definition) is 7. The summed E-state index contributed by atoms with van der Waals surface area (Å²) >= 11 is 0. The molecule has 2 aliphatic heterocycles. The zero-order chi connectivity index (χ0) is 43.3. The predicted molar refractivity (Wildman–Crippen MR) is 220 cm³/mol. The first kappa shape index (κ1) is 52.9. The van der Waals surface area contributed by atoms with Crippen LogP contribution in [0.2, 0.25) is 0 Å². The van der Waals surface area contributed by atoms with Gasteiger partial charge in [0, 0.05) is 12.8 Å². The van der Waals surface area contributed by atoms with E-state index < -0.39 is 92.7 Å². The first-order valence-corrected chi connectivity index (χ1v) is 22.1. The van der Waals surface area contributed by atoms with Crippen LogP contribution in [0.3, 0.4) is 0 Å². The molecule has 0 aromatic rings. The SMILES string of the molecule is CC/C=C/C/C=C/C/C=C/CCCCCCCC(=O)O[C@H](COC(=O)CCCCCCCCCC)CO[C@@H]1O[C@H](CO[C@@H]2O[C@H](CO)[C@H](O)C(O)C2O)[C@H](O)C(O)C1O. The number of esters is 2. The Hall–Kier alpha value is -2.28. The normalized spacial score (nSPS) is 28.2. The highest BCUT2D eigenvalue weighted by molar-refractivity contribution is 5.70. The van der Waals surface area contributed by atoms with E-state index in [0.717, 1.165) is 70.6 Å². The average molecular weight is 845 g/mol. The van der Waals surface area contributed by atoms with Crippen molar-refractivity contribution < 1.29 is 73.8 Å². The van der Waals surface area contributed by atoms with Gasteiger partial charge in [0.1, 0.15) is 55.4 Å². The quantitative estimate of drug-likeness (QED) is 0.0286. The van der Waals surface area contributed by atoms with Crippen LogP contribution in [0.25, 0.3) is 0 Å². The molecule has 2 fully saturated rings. The van der Waals surface area contributed by atoms with Crippen LogP contribution < -0.4 is 0 Å². The van der Waals surface area contributed by atoms with Gasteiger partial charge in [-0.25, -0.2) is 0 Å². The Morgan fingerprint density at radius 2 is 1.07 bits per heavy atom. The lowest BCUT2D eigenvalue weighted by molar-refractivity contribution is -0.332. The molecule has 2 saturated heterocycles. The van der Waals surface area contributed by atoms with Gasteiger partial charge in [0.05, 0.1) is 19.8 Å². The summed E-state index contributed by atoms with van der Waals surface area (Å²) in [5.74, 6) is -0.952. The van der Waals surface area contributed by atoms with E-state index in [1.165, 1.54) is 25.7 Å². The van der Waals surface area contributed by atoms with Crippen LogP contribution in [0.1, 0.15) is 136 Å². The summed E-state index contributed by atoms with van der Waals surface area (Å²) < 4.78 is 33.3. The second kappa shape index (κ2) is 32.4. The largest absolute Gasteiger partial charge is 0.462 e. The van der Waals surface area contributed by atoms with E-state index in [4.69, 9.17) is 28.4 Å². The van der Waals surface area contributed by atoms with Crippen molar-refractivity contribution in [2.45, 2.75) is 203 Å². The molecule has 15 heteroatoms. The Bertz CT molecular complexity index is 1180. The van der Waals surface area contributed by atoms with E-state index in [1.807, 2.05) is 0 Å². The summed E-state index contributed by atoms with van der Waals surface area (Å²) in [5.41, 5.74) is 0. The molecule has 0 aromatic heterocycles. The number of hydrogen-bond acceptors (Lipinski definition) is 15. The first-order valence-electron chi connectivity index (χ1n) is 22.1. The predicted octanol–water partition coefficient (Wildman–Crippen LogP) is 4.20. The van der Waals surface area contributed by atoms with Crippen LogP contribution in [0.4, 0.5) is 0 Å². The first-order chi connectivity index (χ1) is 28.5. The molecule has 2 aliphatic rings. The molecular formula is C44H76O15. The van der Waals surface area contributed by atoms with Crippen molar-refractivity contribution in [1.29, 1.82) is 0 Å². The minimum absolute atomic E-state index is 0.146. The van der Waals surface area contributed by atoms with Gasteiger partial charge in [0.25, 0.3) is 0 Å². The lowest BCUT2D eigenvalue weighted by Gasteiger charge is -2.42. The summed E-state index contributed by atoms with van der Waals surface area (Å²) in [6, 6.07) is 0. The molecule has 7 N–H and O–H groups in total. The topological polar surface area (TPSA) is 231 Å². The number of allylic oxidation sites excluding steroid dienone is 6. The molecule has 0 spiro atoms. The minimum Gasteiger partial charge on any atom is -0.462 e. The summed E-state index contributed by atoms with van der Waals surface area (Å²) in [7, 11) is 0. The standard InChI is InChI=1S/C44H76O15/c1-3-5-7-9-11-13-14-15-16-17-18-19-21-23-25-27-36(47)57-32(29-54-35(46)26-24-22-20-12-10-8-6-4-2)30-55-43-42(53)40(51)38(49)34(59-43)31-56-44-41(52)39(50)37(48)33(28-45)58-44/h5,7,11,13,15-16,32-34,37-45,48-53H,3-4,6,8-10,12,14,17-31H2,1-2H3/b7-5+,13-11+,16-15+/t32-,33-,34-,37+,38+,39?,40?,41?,42?,43-,44-/m1/s1. The zero-order valence-electron chi connectivity index (χ0n) is 35.5. The summed E-state index contributed by atoms with van der Waals surface area (Å²) in [6.07, 6.45) is 13.5. The number of carbonyl (C=O) groups excluding carboxylic acids is 2. The molecule has 59 heavy (non-hydrogen) atoms. The van der Waals surface area contributed by atoms with E-state index in [2.05, 4.69) is 50.3 Å². The Morgan fingerprint density at radius 1 is 0.559 bits per heavy atom. The van der Waals surface area contributed by atoms with Crippen molar-refractivity contribution in [2.24, 2.45) is 0 Å². The molecular weight excluding hydrogens is 768 g/mol. The lowest BCUT2D eigenvalue weighted by atomic mass is 9.98. The molecule has 0 aliphatic carbocycles. The fourth-order valence-electron chi connectivity index (χ4n) is 6.70. The van der Waals surface area contributed by atoms with Gasteiger partial charge < -0.3 is 64.2 Å². The van der Waals surface area contributed by atoms with Gasteiger partial charge in [0.15, 0.2) is 18.7 Å². The molecule has 0 amide bonds. The number of aliphatic hydroxyl groups excluding tert-OH is 7. The van der Waals surface area contributed by atoms with Crippen LogP contribution in [-0.4, -0.2) is 142 Å². The van der Waals surface area contributed by atoms with E-state index >= 15 is 0 Å². The number of ether oxygens (including phenoxy) is 6. The maximum atomic E-state index is 12.9. The van der Waals surface area contributed by atoms with E-state index in [9.17, 15) is 45.3 Å². The van der Waals surface area contributed by atoms with Gasteiger partial charge in [-0.15, -0.1) is 0 Å². The van der Waals surface area contributed by atoms with Gasteiger partial charge in [-0.3, -0.25) is 9.59 Å². The van der Waals surface area contributed by atoms with Crippen LogP contribution >= 0.6 is 0 Å². The molecule has 0 saturated carbocycles. The summed E-state index contributed by atoms with van der Waals surface area (Å²) in [5, 5.41) is 71.7. The minimum atomic E-state index is -1.77. The van der Waals surface area contributed by atoms with Gasteiger partial charge in [-0.1, -0.05) is 115 Å². The highest BCUT2D eigenvalue weighted by Gasteiger charge is 2.47. The molecule has 2 rings (SSSR count). The van der Waals surface area contributed by atoms with Crippen molar-refractivity contribution in [3.8, 4) is 0 Å². The highest BCUT2D eigenvalue weighted by atomic mass is 16.7. The molecule has 342 valence electrons. The maximum Gasteiger partial charge on any atom is 0.306 e. The molecule has 0 radical (unpaired) electrons. The van der Waals surface area contributed by atoms with Gasteiger partial charge >= 0.3 is 11.9 Å². The Kier molecular flexibility index (Phi) is 29.1. The van der Waals surface area contributed by atoms with Crippen LogP contribution in [0.5, 0.6) is 0 Å². The monoisotopic (exact) mass is 845 g/mol. The number of unbranched alkanes of at least 4 members (excludes halogenated alkanes) is 12. The Balaban J connectivity index is 1.87. The van der Waals surface area contributed by atoms with E-state index in [0.29, 0.717) is 12.8 Å². The van der Waals surface area contributed by atoms with Crippen molar-refractivity contribution >= 4 is 11.9 Å². The van der Waals surface area contributed by atoms with E-state index in [1.54, 1.807) is 0 Å². The van der Waals surface area contributed by atoms with Gasteiger partial charge in [-0.2, -0.15) is 0 Å². The second-order valence-corrected chi connectivity index (χ2v) is 15.5. The third kappa shape index (κ3) is 21.9. The van der Waals surface area contributed by atoms with Crippen LogP contribution in [0.15, 0.2) is 36.5 Å². The molecule has 11 atom stereocenters. The maximum absolute atomic E-state index is 12.9. The van der Waals surface area contributed by atoms with E-state index in [-0.39, 0.29) is 26.1 Å². The summed E-state index contributed by atoms with van der Waals surface area (Å²) in [4.78, 5) is 25.5. The number of carbonyl (C=O) groups is 2. The number of rotatable bonds is 32. The van der Waals surface area contributed by atoms with Crippen LogP contribution in [-0.2, 0) is 38.0 Å². The molecule has 4 unspecified atom stereocenters. The zero-order valence-corrected chi connectivity index (χ0v) is 35.5. The third-order valence-corrected chi connectivity index (χ3v) is 10.4. The Labute approximate surface area is 351 Å². The molecule has 0 bridgehead atoms. The fraction of sp³-hybridized carbons (Fsp3) is 0.818. The summed E-state index contributed by atoms with van der Waals surface area (Å²) in [6.45, 7) is 2.39. The lowest BCUT2D eigenvalue weighted by Crippen LogP contribution is -2.61. The third-order valence-electron chi connectivity index (χ3n) is 10.4. The average Bonchev–Trinajstić information content (AvgIpc) is 3.23. The molecule has 15 nitrogen and oxygen atoms in total. The highest BCUT2D eigenvalue weighted by Crippen LogP contribution is 2.26. The smallest absolute Gasteiger partial charge is 0.306 e. The van der Waals surface area contributed by atoms with Crippen LogP contribution in [0, 0.1) is 0 Å². The Morgan fingerprint density at radius 3 is 1.68 bits per heavy atom. The second-order valence-electron chi connectivity index (χ2n) is 15.5. The van der Waals surface area contributed by atoms with Crippen molar-refractivity contribution in [1.82, 2.24) is 0 Å².